The van der Waals surface area contributed by atoms with E-state index < -0.39 is 12.6 Å². The predicted octanol–water partition coefficient (Wildman–Crippen LogP) is 3.43. The molecule has 0 aliphatic heterocycles. The Kier molecular flexibility index (Phi) is 11.2. The Hall–Kier alpha value is -1.72. The van der Waals surface area contributed by atoms with Crippen molar-refractivity contribution in [2.24, 2.45) is 0 Å². The highest BCUT2D eigenvalue weighted by Gasteiger charge is 2.07. The summed E-state index contributed by atoms with van der Waals surface area (Å²) in [5.41, 5.74) is -0.221. The number of ether oxygens (including phenoxy) is 1. The van der Waals surface area contributed by atoms with Gasteiger partial charge in [-0.25, -0.2) is 9.78 Å². The van der Waals surface area contributed by atoms with Gasteiger partial charge in [-0.15, -0.1) is 0 Å². The van der Waals surface area contributed by atoms with E-state index in [0.717, 1.165) is 18.3 Å². The zero-order chi connectivity index (χ0) is 13.8. The van der Waals surface area contributed by atoms with Crippen LogP contribution >= 0.6 is 0 Å². The minimum absolute atomic E-state index is 0.167. The Labute approximate surface area is 99.3 Å². The lowest BCUT2D eigenvalue weighted by molar-refractivity contribution is -0.0500. The number of hydrogen-bond acceptors (Lipinski definition) is 3. The minimum atomic E-state index is -2.93. The molecule has 0 atom stereocenters. The third kappa shape index (κ3) is 8.12. The molecule has 0 aromatic carbocycles. The number of carbonyl (C=O) groups is 1. The average Bonchev–Trinajstić information content (AvgIpc) is 2.34. The summed E-state index contributed by atoms with van der Waals surface area (Å²) in [4.78, 5) is 13.7. The number of aromatic nitrogens is 1. The molecule has 0 spiro atoms. The quantitative estimate of drug-likeness (QED) is 0.891. The lowest BCUT2D eigenvalue weighted by Crippen LogP contribution is -2.04. The van der Waals surface area contributed by atoms with Gasteiger partial charge in [-0.1, -0.05) is 27.7 Å². The molecule has 6 heteroatoms. The molecule has 0 aliphatic rings. The second kappa shape index (κ2) is 10.8. The largest absolute Gasteiger partial charge is 0.477 e. The topological polar surface area (TPSA) is 59.4 Å². The van der Waals surface area contributed by atoms with Crippen molar-refractivity contribution in [2.75, 3.05) is 0 Å². The molecule has 0 unspecified atom stereocenters. The van der Waals surface area contributed by atoms with Gasteiger partial charge in [0, 0.05) is 0 Å². The van der Waals surface area contributed by atoms with E-state index in [0.29, 0.717) is 0 Å². The Bertz CT molecular complexity index is 302. The van der Waals surface area contributed by atoms with Gasteiger partial charge in [-0.05, 0) is 12.1 Å². The Morgan fingerprint density at radius 1 is 1.29 bits per heavy atom. The fraction of sp³-hybridized carbons (Fsp3) is 0.455. The van der Waals surface area contributed by atoms with Crippen molar-refractivity contribution >= 4 is 5.97 Å². The molecule has 1 heterocycles. The molecule has 0 saturated heterocycles. The highest BCUT2D eigenvalue weighted by atomic mass is 19.3. The lowest BCUT2D eigenvalue weighted by atomic mass is 10.3. The molecular formula is C11H17F2NO3. The third-order valence-corrected chi connectivity index (χ3v) is 1.18. The predicted molar refractivity (Wildman–Crippen MR) is 60.5 cm³/mol. The van der Waals surface area contributed by atoms with Crippen LogP contribution in [0.15, 0.2) is 18.3 Å². The highest BCUT2D eigenvalue weighted by molar-refractivity contribution is 5.85. The molecule has 98 valence electrons. The second-order valence-corrected chi connectivity index (χ2v) is 2.06. The summed E-state index contributed by atoms with van der Waals surface area (Å²) in [6, 6.07) is 2.20. The van der Waals surface area contributed by atoms with Crippen molar-refractivity contribution in [3.05, 3.63) is 24.0 Å². The highest BCUT2D eigenvalue weighted by Crippen LogP contribution is 2.12. The van der Waals surface area contributed by atoms with Crippen LogP contribution in [0.3, 0.4) is 0 Å². The first kappa shape index (κ1) is 17.7. The number of aromatic carboxylic acids is 1. The van der Waals surface area contributed by atoms with E-state index in [4.69, 9.17) is 5.11 Å². The second-order valence-electron chi connectivity index (χ2n) is 2.06. The third-order valence-electron chi connectivity index (χ3n) is 1.18. The standard InChI is InChI=1S/C7H5F2NO3.2C2H6/c8-7(9)13-4-1-2-5(6(11)12)10-3-4;2*1-2/h1-3,7H,(H,11,12);2*1-2H3. The number of halogens is 2. The van der Waals surface area contributed by atoms with E-state index in [-0.39, 0.29) is 11.4 Å². The molecule has 0 bridgehead atoms. The van der Waals surface area contributed by atoms with Crippen LogP contribution in [0, 0.1) is 0 Å². The molecule has 1 aromatic heterocycles. The van der Waals surface area contributed by atoms with Crippen LogP contribution in [0.4, 0.5) is 8.78 Å². The number of carboxylic acid groups (broad SMARTS) is 1. The molecule has 0 aliphatic carbocycles. The normalized spacial score (nSPS) is 8.41. The van der Waals surface area contributed by atoms with E-state index >= 15 is 0 Å². The SMILES string of the molecule is CC.CC.O=C(O)c1ccc(OC(F)F)cn1. The van der Waals surface area contributed by atoms with Crippen LogP contribution in [-0.2, 0) is 0 Å². The number of pyridine rings is 1. The van der Waals surface area contributed by atoms with Gasteiger partial charge in [0.2, 0.25) is 0 Å². The van der Waals surface area contributed by atoms with Gasteiger partial charge in [-0.2, -0.15) is 8.78 Å². The molecule has 0 saturated carbocycles. The van der Waals surface area contributed by atoms with Crippen LogP contribution in [0.25, 0.3) is 0 Å². The number of carboxylic acids is 1. The van der Waals surface area contributed by atoms with Gasteiger partial charge in [0.05, 0.1) is 6.20 Å². The van der Waals surface area contributed by atoms with Crippen molar-refractivity contribution in [3.8, 4) is 5.75 Å². The molecule has 0 amide bonds. The van der Waals surface area contributed by atoms with Gasteiger partial charge in [0.25, 0.3) is 0 Å². The summed E-state index contributed by atoms with van der Waals surface area (Å²) in [5.74, 6) is -1.39. The van der Waals surface area contributed by atoms with Crippen LogP contribution in [0.2, 0.25) is 0 Å². The minimum Gasteiger partial charge on any atom is -0.477 e. The van der Waals surface area contributed by atoms with Crippen LogP contribution in [0.5, 0.6) is 5.75 Å². The molecule has 1 rings (SSSR count). The fourth-order valence-corrected chi connectivity index (χ4v) is 0.679. The van der Waals surface area contributed by atoms with E-state index in [1.54, 1.807) is 0 Å². The lowest BCUT2D eigenvalue weighted by Gasteiger charge is -2.02. The zero-order valence-electron chi connectivity index (χ0n) is 10.3. The molecule has 17 heavy (non-hydrogen) atoms. The van der Waals surface area contributed by atoms with Crippen molar-refractivity contribution in [3.63, 3.8) is 0 Å². The summed E-state index contributed by atoms with van der Waals surface area (Å²) < 4.78 is 27.2. The monoisotopic (exact) mass is 249 g/mol. The molecule has 1 N–H and O–H groups in total. The van der Waals surface area contributed by atoms with Crippen molar-refractivity contribution in [2.45, 2.75) is 34.3 Å². The molecule has 0 fully saturated rings. The van der Waals surface area contributed by atoms with Crippen LogP contribution < -0.4 is 4.74 Å². The molecular weight excluding hydrogens is 232 g/mol. The van der Waals surface area contributed by atoms with Crippen LogP contribution in [0.1, 0.15) is 38.2 Å². The number of alkyl halides is 2. The van der Waals surface area contributed by atoms with E-state index in [2.05, 4.69) is 9.72 Å². The summed E-state index contributed by atoms with van der Waals surface area (Å²) in [5, 5.41) is 8.41. The van der Waals surface area contributed by atoms with Crippen molar-refractivity contribution < 1.29 is 23.4 Å². The molecule has 0 radical (unpaired) electrons. The Morgan fingerprint density at radius 3 is 2.12 bits per heavy atom. The maximum absolute atomic E-state index is 11.6. The maximum Gasteiger partial charge on any atom is 0.387 e. The van der Waals surface area contributed by atoms with Gasteiger partial charge < -0.3 is 9.84 Å². The Balaban J connectivity index is 0. The summed E-state index contributed by atoms with van der Waals surface area (Å²) in [6.45, 7) is 5.07. The summed E-state index contributed by atoms with van der Waals surface area (Å²) in [7, 11) is 0. The van der Waals surface area contributed by atoms with Crippen molar-refractivity contribution in [1.29, 1.82) is 0 Å². The van der Waals surface area contributed by atoms with Gasteiger partial charge in [0.15, 0.2) is 0 Å². The summed E-state index contributed by atoms with van der Waals surface area (Å²) >= 11 is 0. The Morgan fingerprint density at radius 2 is 1.82 bits per heavy atom. The maximum atomic E-state index is 11.6. The number of nitrogens with zero attached hydrogens (tertiary/aromatic N) is 1. The van der Waals surface area contributed by atoms with Gasteiger partial charge >= 0.3 is 12.6 Å². The van der Waals surface area contributed by atoms with E-state index in [9.17, 15) is 13.6 Å². The fourth-order valence-electron chi connectivity index (χ4n) is 0.679. The first-order chi connectivity index (χ1) is 8.09. The first-order valence-corrected chi connectivity index (χ1v) is 5.24. The average molecular weight is 249 g/mol. The van der Waals surface area contributed by atoms with E-state index in [1.165, 1.54) is 0 Å². The zero-order valence-corrected chi connectivity index (χ0v) is 10.3. The summed E-state index contributed by atoms with van der Waals surface area (Å²) in [6.07, 6.45) is 0.926. The van der Waals surface area contributed by atoms with E-state index in [1.807, 2.05) is 27.7 Å². The first-order valence-electron chi connectivity index (χ1n) is 5.24. The smallest absolute Gasteiger partial charge is 0.387 e. The van der Waals surface area contributed by atoms with Gasteiger partial charge in [0.1, 0.15) is 11.4 Å². The van der Waals surface area contributed by atoms with Crippen molar-refractivity contribution in [1.82, 2.24) is 4.98 Å². The number of hydrogen-bond donors (Lipinski definition) is 1. The molecule has 1 aromatic rings. The molecule has 4 nitrogen and oxygen atoms in total. The van der Waals surface area contributed by atoms with Gasteiger partial charge in [-0.3, -0.25) is 0 Å². The van der Waals surface area contributed by atoms with Crippen LogP contribution in [-0.4, -0.2) is 22.7 Å². The number of rotatable bonds is 3.